The lowest BCUT2D eigenvalue weighted by atomic mass is 10.2. The highest BCUT2D eigenvalue weighted by molar-refractivity contribution is 5.87. The molecule has 0 unspecified atom stereocenters. The van der Waals surface area contributed by atoms with Gasteiger partial charge in [0.2, 0.25) is 0 Å². The van der Waals surface area contributed by atoms with E-state index in [0.29, 0.717) is 39.4 Å². The van der Waals surface area contributed by atoms with Crippen LogP contribution in [0.1, 0.15) is 0 Å². The second-order valence-electron chi connectivity index (χ2n) is 4.62. The lowest BCUT2D eigenvalue weighted by molar-refractivity contribution is -0.178. The minimum Gasteiger partial charge on any atom is -0.411 e. The number of ether oxygens (including phenoxy) is 2. The molecular formula is C10H19N3O3. The molecule has 0 aromatic rings. The summed E-state index contributed by atoms with van der Waals surface area (Å²) in [5.74, 6) is -0.509. The molecule has 2 heterocycles. The second kappa shape index (κ2) is 4.67. The van der Waals surface area contributed by atoms with Gasteiger partial charge in [-0.05, 0) is 14.1 Å². The molecule has 1 spiro atoms. The fraction of sp³-hybridized carbons (Fsp3) is 0.900. The maximum absolute atomic E-state index is 8.87. The molecule has 16 heavy (non-hydrogen) atoms. The lowest BCUT2D eigenvalue weighted by Crippen LogP contribution is -2.54. The number of hydrogen-bond acceptors (Lipinski definition) is 6. The molecule has 2 aliphatic rings. The number of rotatable bonds is 0. The number of hydrogen-bond donors (Lipinski definition) is 1. The molecule has 0 aliphatic carbocycles. The molecule has 2 saturated heterocycles. The SMILES string of the molecule is CN1CC(=NO)CN(C)CC2(C1)OCCO2. The van der Waals surface area contributed by atoms with Gasteiger partial charge >= 0.3 is 0 Å². The summed E-state index contributed by atoms with van der Waals surface area (Å²) >= 11 is 0. The minimum absolute atomic E-state index is 0.509. The summed E-state index contributed by atoms with van der Waals surface area (Å²) in [4.78, 5) is 4.13. The topological polar surface area (TPSA) is 57.5 Å². The van der Waals surface area contributed by atoms with Crippen LogP contribution in [0.15, 0.2) is 5.16 Å². The van der Waals surface area contributed by atoms with Crippen LogP contribution in [-0.2, 0) is 9.47 Å². The van der Waals surface area contributed by atoms with Crippen molar-refractivity contribution in [3.8, 4) is 0 Å². The van der Waals surface area contributed by atoms with Gasteiger partial charge in [0.25, 0.3) is 0 Å². The van der Waals surface area contributed by atoms with Crippen LogP contribution in [0.25, 0.3) is 0 Å². The summed E-state index contributed by atoms with van der Waals surface area (Å²) in [5.41, 5.74) is 0.762. The van der Waals surface area contributed by atoms with Crippen LogP contribution >= 0.6 is 0 Å². The largest absolute Gasteiger partial charge is 0.411 e. The molecule has 0 amide bonds. The first kappa shape index (κ1) is 11.8. The molecule has 0 aromatic carbocycles. The highest BCUT2D eigenvalue weighted by Crippen LogP contribution is 2.22. The van der Waals surface area contributed by atoms with E-state index in [0.717, 1.165) is 5.71 Å². The predicted octanol–water partition coefficient (Wildman–Crippen LogP) is -0.563. The summed E-state index contributed by atoms with van der Waals surface area (Å²) in [6, 6.07) is 0. The quantitative estimate of drug-likeness (QED) is 0.445. The monoisotopic (exact) mass is 229 g/mol. The van der Waals surface area contributed by atoms with E-state index in [-0.39, 0.29) is 0 Å². The number of likely N-dealkylation sites (N-methyl/N-ethyl adjacent to an activating group) is 2. The maximum Gasteiger partial charge on any atom is 0.194 e. The maximum atomic E-state index is 8.87. The van der Waals surface area contributed by atoms with Crippen LogP contribution in [0.5, 0.6) is 0 Å². The molecule has 0 aromatic heterocycles. The first-order valence-corrected chi connectivity index (χ1v) is 5.48. The van der Waals surface area contributed by atoms with Gasteiger partial charge in [0.1, 0.15) is 0 Å². The van der Waals surface area contributed by atoms with E-state index in [9.17, 15) is 0 Å². The van der Waals surface area contributed by atoms with Crippen molar-refractivity contribution in [1.82, 2.24) is 9.80 Å². The average Bonchev–Trinajstić information content (AvgIpc) is 2.63. The van der Waals surface area contributed by atoms with E-state index >= 15 is 0 Å². The Kier molecular flexibility index (Phi) is 3.44. The zero-order chi connectivity index (χ0) is 11.6. The summed E-state index contributed by atoms with van der Waals surface area (Å²) < 4.78 is 11.4. The van der Waals surface area contributed by atoms with Gasteiger partial charge in [-0.3, -0.25) is 9.80 Å². The Labute approximate surface area is 95.4 Å². The number of nitrogens with zero attached hydrogens (tertiary/aromatic N) is 3. The van der Waals surface area contributed by atoms with Crippen molar-refractivity contribution < 1.29 is 14.7 Å². The minimum atomic E-state index is -0.509. The molecule has 92 valence electrons. The van der Waals surface area contributed by atoms with Crippen LogP contribution in [0, 0.1) is 0 Å². The Balaban J connectivity index is 2.10. The zero-order valence-electron chi connectivity index (χ0n) is 9.85. The molecule has 6 heteroatoms. The van der Waals surface area contributed by atoms with Crippen LogP contribution < -0.4 is 0 Å². The van der Waals surface area contributed by atoms with Crippen molar-refractivity contribution in [3.05, 3.63) is 0 Å². The van der Waals surface area contributed by atoms with Crippen molar-refractivity contribution in [3.63, 3.8) is 0 Å². The molecule has 2 rings (SSSR count). The third-order valence-electron chi connectivity index (χ3n) is 2.88. The molecular weight excluding hydrogens is 210 g/mol. The lowest BCUT2D eigenvalue weighted by Gasteiger charge is -2.37. The molecule has 2 aliphatic heterocycles. The molecule has 0 atom stereocenters. The first-order chi connectivity index (χ1) is 7.63. The number of oxime groups is 1. The van der Waals surface area contributed by atoms with Crippen LogP contribution in [0.3, 0.4) is 0 Å². The molecule has 6 nitrogen and oxygen atoms in total. The van der Waals surface area contributed by atoms with Gasteiger partial charge in [0, 0.05) is 13.1 Å². The Hall–Kier alpha value is -0.690. The van der Waals surface area contributed by atoms with Gasteiger partial charge in [-0.25, -0.2) is 0 Å². The van der Waals surface area contributed by atoms with Crippen LogP contribution in [-0.4, -0.2) is 80.0 Å². The van der Waals surface area contributed by atoms with Crippen LogP contribution in [0.2, 0.25) is 0 Å². The van der Waals surface area contributed by atoms with E-state index in [1.807, 2.05) is 14.1 Å². The smallest absolute Gasteiger partial charge is 0.194 e. The molecule has 1 N–H and O–H groups in total. The summed E-state index contributed by atoms with van der Waals surface area (Å²) in [6.07, 6.45) is 0. The predicted molar refractivity (Wildman–Crippen MR) is 58.9 cm³/mol. The van der Waals surface area contributed by atoms with Crippen LogP contribution in [0.4, 0.5) is 0 Å². The van der Waals surface area contributed by atoms with E-state index in [2.05, 4.69) is 15.0 Å². The van der Waals surface area contributed by atoms with Gasteiger partial charge in [-0.2, -0.15) is 0 Å². The Morgan fingerprint density at radius 2 is 1.62 bits per heavy atom. The highest BCUT2D eigenvalue weighted by atomic mass is 16.7. The van der Waals surface area contributed by atoms with Gasteiger partial charge in [-0.1, -0.05) is 5.16 Å². The highest BCUT2D eigenvalue weighted by Gasteiger charge is 2.40. The molecule has 0 radical (unpaired) electrons. The Bertz CT molecular complexity index is 258. The second-order valence-corrected chi connectivity index (χ2v) is 4.62. The molecule has 0 bridgehead atoms. The first-order valence-electron chi connectivity index (χ1n) is 5.48. The van der Waals surface area contributed by atoms with Crippen molar-refractivity contribution in [1.29, 1.82) is 0 Å². The van der Waals surface area contributed by atoms with Crippen molar-refractivity contribution >= 4 is 5.71 Å². The average molecular weight is 229 g/mol. The van der Waals surface area contributed by atoms with E-state index < -0.39 is 5.79 Å². The van der Waals surface area contributed by atoms with Crippen molar-refractivity contribution in [2.45, 2.75) is 5.79 Å². The molecule has 0 saturated carbocycles. The summed E-state index contributed by atoms with van der Waals surface area (Å²) in [6.45, 7) is 3.96. The third-order valence-corrected chi connectivity index (χ3v) is 2.88. The Morgan fingerprint density at radius 1 is 1.12 bits per heavy atom. The summed E-state index contributed by atoms with van der Waals surface area (Å²) in [5, 5.41) is 12.2. The van der Waals surface area contributed by atoms with E-state index in [4.69, 9.17) is 14.7 Å². The zero-order valence-corrected chi connectivity index (χ0v) is 9.85. The normalized spacial score (nSPS) is 28.0. The summed E-state index contributed by atoms with van der Waals surface area (Å²) in [7, 11) is 3.95. The fourth-order valence-corrected chi connectivity index (χ4v) is 2.40. The standard InChI is InChI=1S/C10H19N3O3/c1-12-5-9(11-14)6-13(2)8-10(7-12)15-3-4-16-10/h14H,3-8H2,1-2H3. The Morgan fingerprint density at radius 3 is 2.06 bits per heavy atom. The van der Waals surface area contributed by atoms with Gasteiger partial charge in [-0.15, -0.1) is 0 Å². The van der Waals surface area contributed by atoms with Gasteiger partial charge in [0.15, 0.2) is 5.79 Å². The third kappa shape index (κ3) is 2.52. The van der Waals surface area contributed by atoms with E-state index in [1.165, 1.54) is 0 Å². The van der Waals surface area contributed by atoms with Crippen molar-refractivity contribution in [2.75, 3.05) is 53.5 Å². The molecule has 2 fully saturated rings. The van der Waals surface area contributed by atoms with Gasteiger partial charge in [0.05, 0.1) is 32.0 Å². The van der Waals surface area contributed by atoms with E-state index in [1.54, 1.807) is 0 Å². The fourth-order valence-electron chi connectivity index (χ4n) is 2.40. The van der Waals surface area contributed by atoms with Gasteiger partial charge < -0.3 is 14.7 Å². The van der Waals surface area contributed by atoms with Crippen molar-refractivity contribution in [2.24, 2.45) is 5.16 Å².